The Labute approximate surface area is 97.3 Å². The topological polar surface area (TPSA) is 49.9 Å². The van der Waals surface area contributed by atoms with Gasteiger partial charge in [0.25, 0.3) is 0 Å². The average Bonchev–Trinajstić information content (AvgIpc) is 2.81. The Kier molecular flexibility index (Phi) is 3.14. The molecule has 1 heterocycles. The lowest BCUT2D eigenvalue weighted by atomic mass is 10.1. The van der Waals surface area contributed by atoms with Crippen LogP contribution in [0.25, 0.3) is 0 Å². The van der Waals surface area contributed by atoms with Crippen LogP contribution in [0.3, 0.4) is 0 Å². The Balaban J connectivity index is 2.11. The number of Topliss-reactive ketones (excluding diaryl/α,β-unsaturated/α-hetero) is 1. The van der Waals surface area contributed by atoms with Crippen molar-refractivity contribution in [2.75, 3.05) is 0 Å². The van der Waals surface area contributed by atoms with E-state index < -0.39 is 0 Å². The van der Waals surface area contributed by atoms with E-state index in [9.17, 15) is 14.0 Å². The first kappa shape index (κ1) is 11.3. The molecule has 0 aliphatic rings. The monoisotopic (exact) mass is 231 g/mol. The maximum absolute atomic E-state index is 12.7. The summed E-state index contributed by atoms with van der Waals surface area (Å²) in [5.74, 6) is -0.464. The first-order valence-corrected chi connectivity index (χ1v) is 5.11. The van der Waals surface area contributed by atoms with Gasteiger partial charge in [-0.2, -0.15) is 0 Å². The average molecular weight is 231 g/mol. The Bertz CT molecular complexity index is 543. The quantitative estimate of drug-likeness (QED) is 0.648. The molecule has 0 radical (unpaired) electrons. The zero-order chi connectivity index (χ0) is 12.3. The highest BCUT2D eigenvalue weighted by atomic mass is 19.1. The molecule has 2 rings (SSSR count). The zero-order valence-electron chi connectivity index (χ0n) is 8.94. The van der Waals surface area contributed by atoms with E-state index in [0.717, 1.165) is 5.56 Å². The molecular formula is C13H10FNO2. The molecule has 2 aromatic rings. The van der Waals surface area contributed by atoms with Gasteiger partial charge < -0.3 is 4.98 Å². The highest BCUT2D eigenvalue weighted by molar-refractivity contribution is 5.96. The Morgan fingerprint density at radius 3 is 2.47 bits per heavy atom. The number of rotatable bonds is 4. The van der Waals surface area contributed by atoms with Gasteiger partial charge in [0.2, 0.25) is 0 Å². The number of carbonyl (C=O) groups is 2. The van der Waals surface area contributed by atoms with Crippen molar-refractivity contribution in [2.24, 2.45) is 0 Å². The summed E-state index contributed by atoms with van der Waals surface area (Å²) in [4.78, 5) is 24.9. The van der Waals surface area contributed by atoms with Gasteiger partial charge in [0.05, 0.1) is 11.4 Å². The lowest BCUT2D eigenvalue weighted by Gasteiger charge is -1.99. The second-order valence-electron chi connectivity index (χ2n) is 3.67. The van der Waals surface area contributed by atoms with Crippen LogP contribution in [-0.4, -0.2) is 17.1 Å². The predicted molar refractivity (Wildman–Crippen MR) is 60.6 cm³/mol. The molecule has 3 nitrogen and oxygen atoms in total. The normalized spacial score (nSPS) is 10.2. The van der Waals surface area contributed by atoms with Crippen LogP contribution in [0.4, 0.5) is 4.39 Å². The molecule has 0 amide bonds. The fraction of sp³-hybridized carbons (Fsp3) is 0.0769. The summed E-state index contributed by atoms with van der Waals surface area (Å²) < 4.78 is 12.7. The number of aromatic amines is 1. The van der Waals surface area contributed by atoms with E-state index in [1.165, 1.54) is 12.1 Å². The van der Waals surface area contributed by atoms with Crippen LogP contribution in [0.2, 0.25) is 0 Å². The highest BCUT2D eigenvalue weighted by Crippen LogP contribution is 2.08. The van der Waals surface area contributed by atoms with E-state index in [-0.39, 0.29) is 18.0 Å². The number of hydrogen-bond acceptors (Lipinski definition) is 2. The molecule has 0 spiro atoms. The standard InChI is InChI=1S/C13H10FNO2/c14-10-3-1-9(2-4-10)7-13(17)12-6-5-11(8-16)15-12/h1-6,8,15H,7H2. The maximum atomic E-state index is 12.7. The number of nitrogens with one attached hydrogen (secondary N) is 1. The van der Waals surface area contributed by atoms with Crippen LogP contribution in [-0.2, 0) is 6.42 Å². The summed E-state index contributed by atoms with van der Waals surface area (Å²) >= 11 is 0. The molecule has 0 saturated carbocycles. The molecule has 1 aromatic heterocycles. The minimum absolute atomic E-state index is 0.135. The lowest BCUT2D eigenvalue weighted by molar-refractivity contribution is 0.0989. The number of benzene rings is 1. The summed E-state index contributed by atoms with van der Waals surface area (Å²) in [6.45, 7) is 0. The van der Waals surface area contributed by atoms with Crippen LogP contribution < -0.4 is 0 Å². The fourth-order valence-electron chi connectivity index (χ4n) is 1.53. The van der Waals surface area contributed by atoms with Crippen molar-refractivity contribution in [3.05, 3.63) is 59.2 Å². The van der Waals surface area contributed by atoms with Crippen LogP contribution in [0, 0.1) is 5.82 Å². The SMILES string of the molecule is O=Cc1ccc(C(=O)Cc2ccc(F)cc2)[nH]1. The molecule has 17 heavy (non-hydrogen) atoms. The van der Waals surface area contributed by atoms with E-state index >= 15 is 0 Å². The van der Waals surface area contributed by atoms with Crippen molar-refractivity contribution < 1.29 is 14.0 Å². The molecule has 0 atom stereocenters. The van der Waals surface area contributed by atoms with Crippen LogP contribution in [0.5, 0.6) is 0 Å². The minimum Gasteiger partial charge on any atom is -0.350 e. The Hall–Kier alpha value is -2.23. The van der Waals surface area contributed by atoms with Gasteiger partial charge in [-0.25, -0.2) is 4.39 Å². The largest absolute Gasteiger partial charge is 0.350 e. The summed E-state index contributed by atoms with van der Waals surface area (Å²) in [7, 11) is 0. The van der Waals surface area contributed by atoms with Crippen molar-refractivity contribution in [3.63, 3.8) is 0 Å². The minimum atomic E-state index is -0.329. The molecule has 86 valence electrons. The third kappa shape index (κ3) is 2.66. The number of hydrogen-bond donors (Lipinski definition) is 1. The lowest BCUT2D eigenvalue weighted by Crippen LogP contribution is -2.04. The van der Waals surface area contributed by atoms with Gasteiger partial charge in [0, 0.05) is 6.42 Å². The molecule has 4 heteroatoms. The summed E-state index contributed by atoms with van der Waals surface area (Å²) in [5.41, 5.74) is 1.49. The van der Waals surface area contributed by atoms with Gasteiger partial charge in [-0.1, -0.05) is 12.1 Å². The maximum Gasteiger partial charge on any atom is 0.183 e. The second-order valence-corrected chi connectivity index (χ2v) is 3.67. The molecule has 0 fully saturated rings. The van der Waals surface area contributed by atoms with E-state index in [1.54, 1.807) is 24.3 Å². The third-order valence-corrected chi connectivity index (χ3v) is 2.41. The van der Waals surface area contributed by atoms with Crippen molar-refractivity contribution in [3.8, 4) is 0 Å². The Morgan fingerprint density at radius 1 is 1.18 bits per heavy atom. The molecular weight excluding hydrogens is 221 g/mol. The van der Waals surface area contributed by atoms with Crippen LogP contribution >= 0.6 is 0 Å². The van der Waals surface area contributed by atoms with Crippen molar-refractivity contribution >= 4 is 12.1 Å². The summed E-state index contributed by atoms with van der Waals surface area (Å²) in [6, 6.07) is 8.87. The number of H-pyrrole nitrogens is 1. The highest BCUT2D eigenvalue weighted by Gasteiger charge is 2.09. The third-order valence-electron chi connectivity index (χ3n) is 2.41. The number of carbonyl (C=O) groups excluding carboxylic acids is 2. The number of ketones is 1. The van der Waals surface area contributed by atoms with E-state index in [2.05, 4.69) is 4.98 Å². The molecule has 0 unspecified atom stereocenters. The smallest absolute Gasteiger partial charge is 0.183 e. The molecule has 0 bridgehead atoms. The van der Waals surface area contributed by atoms with Gasteiger partial charge in [-0.3, -0.25) is 9.59 Å². The number of halogens is 1. The van der Waals surface area contributed by atoms with E-state index in [1.807, 2.05) is 0 Å². The first-order valence-electron chi connectivity index (χ1n) is 5.11. The van der Waals surface area contributed by atoms with Gasteiger partial charge in [0.15, 0.2) is 12.1 Å². The van der Waals surface area contributed by atoms with E-state index in [0.29, 0.717) is 17.7 Å². The molecule has 0 aliphatic heterocycles. The van der Waals surface area contributed by atoms with E-state index in [4.69, 9.17) is 0 Å². The number of aldehydes is 1. The van der Waals surface area contributed by atoms with Crippen molar-refractivity contribution in [1.29, 1.82) is 0 Å². The molecule has 1 N–H and O–H groups in total. The van der Waals surface area contributed by atoms with Crippen LogP contribution in [0.1, 0.15) is 26.5 Å². The van der Waals surface area contributed by atoms with Gasteiger partial charge in [0.1, 0.15) is 5.82 Å². The molecule has 0 saturated heterocycles. The Morgan fingerprint density at radius 2 is 1.88 bits per heavy atom. The van der Waals surface area contributed by atoms with Crippen molar-refractivity contribution in [1.82, 2.24) is 4.98 Å². The van der Waals surface area contributed by atoms with Gasteiger partial charge in [-0.05, 0) is 29.8 Å². The number of aromatic nitrogens is 1. The van der Waals surface area contributed by atoms with Gasteiger partial charge in [-0.15, -0.1) is 0 Å². The zero-order valence-corrected chi connectivity index (χ0v) is 8.94. The second kappa shape index (κ2) is 4.74. The van der Waals surface area contributed by atoms with Crippen molar-refractivity contribution in [2.45, 2.75) is 6.42 Å². The molecule has 1 aromatic carbocycles. The van der Waals surface area contributed by atoms with Gasteiger partial charge >= 0.3 is 0 Å². The molecule has 0 aliphatic carbocycles. The fourth-order valence-corrected chi connectivity index (χ4v) is 1.53. The summed E-state index contributed by atoms with van der Waals surface area (Å²) in [5, 5.41) is 0. The predicted octanol–water partition coefficient (Wildman–Crippen LogP) is 2.39. The first-order chi connectivity index (χ1) is 8.19. The summed E-state index contributed by atoms with van der Waals surface area (Å²) in [6.07, 6.45) is 0.827. The van der Waals surface area contributed by atoms with Crippen LogP contribution in [0.15, 0.2) is 36.4 Å².